The summed E-state index contributed by atoms with van der Waals surface area (Å²) in [5.74, 6) is 0.260. The number of benzene rings is 2. The Kier molecular flexibility index (Phi) is 9.97. The molecule has 0 saturated carbocycles. The fourth-order valence-corrected chi connectivity index (χ4v) is 4.62. The summed E-state index contributed by atoms with van der Waals surface area (Å²) in [6, 6.07) is 11.8. The Morgan fingerprint density at radius 3 is 2.35 bits per heavy atom. The van der Waals surface area contributed by atoms with Crippen LogP contribution in [0.2, 0.25) is 10.0 Å². The largest absolute Gasteiger partial charge is 0.416 e. The van der Waals surface area contributed by atoms with Gasteiger partial charge >= 0.3 is 6.18 Å². The number of hydrogen-bond donors (Lipinski definition) is 1. The number of nitrogens with zero attached hydrogens (tertiary/aromatic N) is 1. The first-order valence-electron chi connectivity index (χ1n) is 10.3. The zero-order valence-electron chi connectivity index (χ0n) is 17.4. The molecular formula is C23H28Cl3F3N2. The quantitative estimate of drug-likeness (QED) is 0.444. The lowest BCUT2D eigenvalue weighted by molar-refractivity contribution is -0.138. The molecule has 1 aliphatic rings. The Morgan fingerprint density at radius 1 is 1.06 bits per heavy atom. The van der Waals surface area contributed by atoms with Gasteiger partial charge in [-0.1, -0.05) is 47.5 Å². The van der Waals surface area contributed by atoms with Crippen molar-refractivity contribution in [1.29, 1.82) is 0 Å². The molecule has 0 aliphatic carbocycles. The predicted octanol–water partition coefficient (Wildman–Crippen LogP) is 7.01. The van der Waals surface area contributed by atoms with E-state index in [2.05, 4.69) is 10.2 Å². The molecule has 0 unspecified atom stereocenters. The summed E-state index contributed by atoms with van der Waals surface area (Å²) in [7, 11) is 1.92. The second kappa shape index (κ2) is 11.8. The van der Waals surface area contributed by atoms with Crippen molar-refractivity contribution in [3.8, 4) is 0 Å². The van der Waals surface area contributed by atoms with E-state index in [1.54, 1.807) is 12.1 Å². The molecule has 2 aromatic rings. The zero-order valence-corrected chi connectivity index (χ0v) is 19.7. The lowest BCUT2D eigenvalue weighted by Gasteiger charge is -2.34. The van der Waals surface area contributed by atoms with E-state index >= 15 is 0 Å². The van der Waals surface area contributed by atoms with E-state index in [9.17, 15) is 13.2 Å². The Balaban J connectivity index is 0.00000341. The highest BCUT2D eigenvalue weighted by molar-refractivity contribution is 6.42. The van der Waals surface area contributed by atoms with Gasteiger partial charge in [0.2, 0.25) is 0 Å². The average molecular weight is 496 g/mol. The topological polar surface area (TPSA) is 15.3 Å². The first-order valence-corrected chi connectivity index (χ1v) is 11.0. The van der Waals surface area contributed by atoms with Gasteiger partial charge in [0.1, 0.15) is 0 Å². The van der Waals surface area contributed by atoms with Gasteiger partial charge in [-0.25, -0.2) is 0 Å². The van der Waals surface area contributed by atoms with E-state index in [1.807, 2.05) is 25.2 Å². The van der Waals surface area contributed by atoms with Crippen molar-refractivity contribution in [2.24, 2.45) is 0 Å². The van der Waals surface area contributed by atoms with Gasteiger partial charge in [-0.2, -0.15) is 13.2 Å². The monoisotopic (exact) mass is 494 g/mol. The van der Waals surface area contributed by atoms with Crippen LogP contribution in [0.25, 0.3) is 0 Å². The third kappa shape index (κ3) is 7.00. The molecule has 0 spiro atoms. The maximum absolute atomic E-state index is 13.3. The van der Waals surface area contributed by atoms with Crippen molar-refractivity contribution >= 4 is 35.6 Å². The van der Waals surface area contributed by atoms with Crippen LogP contribution in [-0.2, 0) is 6.18 Å². The lowest BCUT2D eigenvalue weighted by Crippen LogP contribution is -2.35. The molecule has 0 bridgehead atoms. The number of hydrogen-bond acceptors (Lipinski definition) is 2. The fraction of sp³-hybridized carbons (Fsp3) is 0.478. The first-order chi connectivity index (χ1) is 14.3. The van der Waals surface area contributed by atoms with Crippen molar-refractivity contribution in [3.05, 3.63) is 69.2 Å². The third-order valence-electron chi connectivity index (χ3n) is 5.95. The van der Waals surface area contributed by atoms with Crippen molar-refractivity contribution in [3.63, 3.8) is 0 Å². The van der Waals surface area contributed by atoms with Crippen LogP contribution < -0.4 is 5.32 Å². The second-order valence-corrected chi connectivity index (χ2v) is 8.73. The average Bonchev–Trinajstić information content (AvgIpc) is 2.73. The molecular weight excluding hydrogens is 468 g/mol. The van der Waals surface area contributed by atoms with E-state index in [-0.39, 0.29) is 18.3 Å². The van der Waals surface area contributed by atoms with E-state index < -0.39 is 11.7 Å². The summed E-state index contributed by atoms with van der Waals surface area (Å²) in [5.41, 5.74) is 1.10. The van der Waals surface area contributed by atoms with Crippen LogP contribution in [0.4, 0.5) is 13.2 Å². The SMILES string of the molecule is CNC[C@@H](CCN1CCC(c2ccccc2C(F)(F)F)CC1)c1ccc(Cl)c(Cl)c1.Cl. The third-order valence-corrected chi connectivity index (χ3v) is 6.69. The summed E-state index contributed by atoms with van der Waals surface area (Å²) in [5, 5.41) is 4.34. The highest BCUT2D eigenvalue weighted by atomic mass is 35.5. The summed E-state index contributed by atoms with van der Waals surface area (Å²) in [6.45, 7) is 3.35. The fourth-order valence-electron chi connectivity index (χ4n) is 4.32. The van der Waals surface area contributed by atoms with Crippen LogP contribution in [-0.4, -0.2) is 38.1 Å². The van der Waals surface area contributed by atoms with Crippen LogP contribution >= 0.6 is 35.6 Å². The van der Waals surface area contributed by atoms with E-state index in [4.69, 9.17) is 23.2 Å². The standard InChI is InChI=1S/C23H27Cl2F3N2.ClH/c1-29-15-18(17-6-7-21(24)22(25)14-17)10-13-30-11-8-16(9-12-30)19-4-2-3-5-20(19)23(26,27)28;/h2-7,14,16,18,29H,8-13,15H2,1H3;1H/t18-;/m1./s1. The number of nitrogens with one attached hydrogen (secondary N) is 1. The molecule has 1 atom stereocenters. The zero-order chi connectivity index (χ0) is 21.7. The van der Waals surface area contributed by atoms with Crippen LogP contribution in [0.3, 0.4) is 0 Å². The van der Waals surface area contributed by atoms with Crippen LogP contribution in [0.15, 0.2) is 42.5 Å². The number of halogens is 6. The minimum absolute atomic E-state index is 0. The van der Waals surface area contributed by atoms with Gasteiger partial charge in [-0.3, -0.25) is 0 Å². The van der Waals surface area contributed by atoms with E-state index in [1.165, 1.54) is 12.1 Å². The lowest BCUT2D eigenvalue weighted by atomic mass is 9.86. The van der Waals surface area contributed by atoms with Crippen LogP contribution in [0.1, 0.15) is 47.8 Å². The minimum atomic E-state index is -4.30. The summed E-state index contributed by atoms with van der Waals surface area (Å²) in [4.78, 5) is 2.35. The van der Waals surface area contributed by atoms with Gasteiger partial charge in [0.05, 0.1) is 15.6 Å². The molecule has 0 amide bonds. The Morgan fingerprint density at radius 2 is 1.74 bits per heavy atom. The summed E-state index contributed by atoms with van der Waals surface area (Å²) in [6.07, 6.45) is -1.86. The molecule has 1 N–H and O–H groups in total. The molecule has 1 saturated heterocycles. The molecule has 0 radical (unpaired) electrons. The van der Waals surface area contributed by atoms with Gasteiger partial charge in [0.25, 0.3) is 0 Å². The molecule has 3 rings (SSSR count). The number of alkyl halides is 3. The van der Waals surface area contributed by atoms with Crippen molar-refractivity contribution in [2.75, 3.05) is 33.2 Å². The Hall–Kier alpha value is -0.980. The molecule has 1 fully saturated rings. The Labute approximate surface area is 198 Å². The molecule has 1 heterocycles. The van der Waals surface area contributed by atoms with Crippen LogP contribution in [0.5, 0.6) is 0 Å². The van der Waals surface area contributed by atoms with Gasteiger partial charge in [-0.15, -0.1) is 12.4 Å². The van der Waals surface area contributed by atoms with E-state index in [0.29, 0.717) is 21.5 Å². The number of likely N-dealkylation sites (N-methyl/N-ethyl adjacent to an activating group) is 1. The van der Waals surface area contributed by atoms with Crippen molar-refractivity contribution in [2.45, 2.75) is 37.3 Å². The van der Waals surface area contributed by atoms with Gasteiger partial charge in [0.15, 0.2) is 0 Å². The van der Waals surface area contributed by atoms with Gasteiger partial charge in [-0.05, 0) is 87.1 Å². The molecule has 8 heteroatoms. The van der Waals surface area contributed by atoms with Gasteiger partial charge < -0.3 is 10.2 Å². The van der Waals surface area contributed by atoms with Crippen LogP contribution in [0, 0.1) is 0 Å². The van der Waals surface area contributed by atoms with E-state index in [0.717, 1.165) is 51.0 Å². The highest BCUT2D eigenvalue weighted by Gasteiger charge is 2.35. The Bertz CT molecular complexity index is 837. The highest BCUT2D eigenvalue weighted by Crippen LogP contribution is 2.38. The molecule has 1 aliphatic heterocycles. The number of rotatable bonds is 7. The first kappa shape index (κ1) is 26.3. The second-order valence-electron chi connectivity index (χ2n) is 7.92. The smallest absolute Gasteiger partial charge is 0.319 e. The molecule has 31 heavy (non-hydrogen) atoms. The maximum atomic E-state index is 13.3. The molecule has 2 nitrogen and oxygen atoms in total. The summed E-state index contributed by atoms with van der Waals surface area (Å²) >= 11 is 12.2. The number of likely N-dealkylation sites (tertiary alicyclic amines) is 1. The molecule has 172 valence electrons. The maximum Gasteiger partial charge on any atom is 0.416 e. The molecule has 2 aromatic carbocycles. The minimum Gasteiger partial charge on any atom is -0.319 e. The normalized spacial score (nSPS) is 16.7. The van der Waals surface area contributed by atoms with Crippen molar-refractivity contribution < 1.29 is 13.2 Å². The number of piperidine rings is 1. The van der Waals surface area contributed by atoms with Gasteiger partial charge in [0, 0.05) is 6.54 Å². The van der Waals surface area contributed by atoms with Crippen molar-refractivity contribution in [1.82, 2.24) is 10.2 Å². The predicted molar refractivity (Wildman–Crippen MR) is 125 cm³/mol. The molecule has 0 aromatic heterocycles. The summed E-state index contributed by atoms with van der Waals surface area (Å²) < 4.78 is 40.0.